The molecule has 74 valence electrons. The summed E-state index contributed by atoms with van der Waals surface area (Å²) in [5.41, 5.74) is 0. The van der Waals surface area contributed by atoms with Crippen molar-refractivity contribution in [1.29, 1.82) is 0 Å². The minimum atomic E-state index is -10.7. The summed E-state index contributed by atoms with van der Waals surface area (Å²) in [5.74, 6) is 0. The monoisotopic (exact) mass is 222 g/mol. The van der Waals surface area contributed by atoms with Crippen LogP contribution in [0.15, 0.2) is 0 Å². The van der Waals surface area contributed by atoms with E-state index in [1.807, 2.05) is 0 Å². The van der Waals surface area contributed by atoms with E-state index in [9.17, 15) is 25.2 Å². The molecular formula is C3H9F6PS. The predicted octanol–water partition coefficient (Wildman–Crippen LogP) is 3.88. The van der Waals surface area contributed by atoms with Crippen molar-refractivity contribution in [1.82, 2.24) is 0 Å². The van der Waals surface area contributed by atoms with Crippen LogP contribution >= 0.6 is 7.81 Å². The zero-order valence-electron chi connectivity index (χ0n) is 6.12. The summed E-state index contributed by atoms with van der Waals surface area (Å²) in [4.78, 5) is 0. The molecule has 0 spiro atoms. The molecule has 0 atom stereocenters. The molecule has 11 heavy (non-hydrogen) atoms. The molecule has 0 saturated carbocycles. The Morgan fingerprint density at radius 2 is 0.727 bits per heavy atom. The molecule has 0 unspecified atom stereocenters. The molecule has 0 amide bonds. The van der Waals surface area contributed by atoms with Gasteiger partial charge in [-0.15, -0.1) is 0 Å². The summed E-state index contributed by atoms with van der Waals surface area (Å²) >= 11 is 0. The number of rotatable bonds is 0. The van der Waals surface area contributed by atoms with E-state index in [1.54, 1.807) is 0 Å². The Balaban J connectivity index is 0. The molecule has 0 nitrogen and oxygen atoms in total. The third-order valence-corrected chi connectivity index (χ3v) is 0. The number of hydrogen-bond acceptors (Lipinski definition) is 0. The van der Waals surface area contributed by atoms with Gasteiger partial charge in [0.05, 0.1) is 18.8 Å². The quantitative estimate of drug-likeness (QED) is 0.331. The molecule has 0 N–H and O–H groups in total. The molecule has 0 aliphatic rings. The Bertz CT molecular complexity index is 105. The molecule has 0 aromatic heterocycles. The van der Waals surface area contributed by atoms with Crippen molar-refractivity contribution in [3.63, 3.8) is 0 Å². The van der Waals surface area contributed by atoms with Crippen LogP contribution in [0.5, 0.6) is 0 Å². The molecule has 0 radical (unpaired) electrons. The van der Waals surface area contributed by atoms with Crippen molar-refractivity contribution in [3.8, 4) is 0 Å². The topological polar surface area (TPSA) is 0 Å². The van der Waals surface area contributed by atoms with E-state index < -0.39 is 7.81 Å². The van der Waals surface area contributed by atoms with Gasteiger partial charge in [0.1, 0.15) is 0 Å². The van der Waals surface area contributed by atoms with Gasteiger partial charge in [0.2, 0.25) is 0 Å². The average molecular weight is 222 g/mol. The maximum absolute atomic E-state index is 10.7. The first-order chi connectivity index (χ1) is 4.18. The molecule has 0 saturated heterocycles. The van der Waals surface area contributed by atoms with Gasteiger partial charge < -0.3 is 0 Å². The van der Waals surface area contributed by atoms with Gasteiger partial charge in [-0.05, 0) is 10.9 Å². The van der Waals surface area contributed by atoms with Crippen molar-refractivity contribution >= 4 is 18.7 Å². The van der Waals surface area contributed by atoms with Crippen LogP contribution < -0.4 is 0 Å². The van der Waals surface area contributed by atoms with Crippen molar-refractivity contribution in [2.24, 2.45) is 0 Å². The molecule has 0 rings (SSSR count). The predicted molar refractivity (Wildman–Crippen MR) is 38.7 cm³/mol. The Labute approximate surface area is 63.5 Å². The SMILES string of the molecule is C[S+](C)C.F[P-](F)(F)(F)(F)F. The van der Waals surface area contributed by atoms with Crippen molar-refractivity contribution in [2.75, 3.05) is 18.8 Å². The fourth-order valence-corrected chi connectivity index (χ4v) is 0. The van der Waals surface area contributed by atoms with Gasteiger partial charge in [-0.1, -0.05) is 0 Å². The van der Waals surface area contributed by atoms with Gasteiger partial charge >= 0.3 is 33.0 Å². The fraction of sp³-hybridized carbons (Fsp3) is 1.00. The first-order valence-corrected chi connectivity index (χ1v) is 6.72. The van der Waals surface area contributed by atoms with E-state index in [-0.39, 0.29) is 0 Å². The van der Waals surface area contributed by atoms with Crippen LogP contribution in [0.1, 0.15) is 0 Å². The normalized spacial score (nSPS) is 18.0. The van der Waals surface area contributed by atoms with Crippen molar-refractivity contribution in [3.05, 3.63) is 0 Å². The van der Waals surface area contributed by atoms with E-state index >= 15 is 0 Å². The summed E-state index contributed by atoms with van der Waals surface area (Å²) in [7, 11) is -10.0. The van der Waals surface area contributed by atoms with Crippen LogP contribution in [-0.2, 0) is 10.9 Å². The zero-order valence-corrected chi connectivity index (χ0v) is 7.83. The standard InChI is InChI=1S/C3H9S.F6P/c1-4(2)3;1-7(2,3,4,5)6/h1-3H3;/q+1;-1. The third-order valence-electron chi connectivity index (χ3n) is 0. The zero-order chi connectivity index (χ0) is 9.99. The van der Waals surface area contributed by atoms with E-state index in [2.05, 4.69) is 18.8 Å². The van der Waals surface area contributed by atoms with Crippen LogP contribution in [0.2, 0.25) is 0 Å². The summed E-state index contributed by atoms with van der Waals surface area (Å²) in [6.07, 6.45) is 6.58. The van der Waals surface area contributed by atoms with Crippen LogP contribution in [0.3, 0.4) is 0 Å². The molecule has 8 heteroatoms. The Hall–Kier alpha value is 0.360. The fourth-order valence-electron chi connectivity index (χ4n) is 0. The maximum atomic E-state index is 9.87. The van der Waals surface area contributed by atoms with Crippen LogP contribution in [0.25, 0.3) is 0 Å². The van der Waals surface area contributed by atoms with Gasteiger partial charge in [0, 0.05) is 0 Å². The molecule has 0 aliphatic heterocycles. The number of halogens is 6. The molecule has 0 heterocycles. The Kier molecular flexibility index (Phi) is 3.41. The second-order valence-corrected chi connectivity index (χ2v) is 6.55. The van der Waals surface area contributed by atoms with Gasteiger partial charge in [-0.2, -0.15) is 0 Å². The molecule has 0 aromatic rings. The first-order valence-electron chi connectivity index (χ1n) is 2.24. The van der Waals surface area contributed by atoms with Crippen LogP contribution in [-0.4, -0.2) is 18.8 Å². The molecule has 0 aromatic carbocycles. The van der Waals surface area contributed by atoms with Crippen LogP contribution in [0, 0.1) is 0 Å². The van der Waals surface area contributed by atoms with Gasteiger partial charge in [-0.25, -0.2) is 0 Å². The van der Waals surface area contributed by atoms with Crippen molar-refractivity contribution in [2.45, 2.75) is 0 Å². The molecular weight excluding hydrogens is 213 g/mol. The second-order valence-electron chi connectivity index (χ2n) is 2.18. The van der Waals surface area contributed by atoms with E-state index in [0.717, 1.165) is 0 Å². The summed E-state index contributed by atoms with van der Waals surface area (Å²) in [5, 5.41) is 0. The second kappa shape index (κ2) is 2.69. The summed E-state index contributed by atoms with van der Waals surface area (Å²) in [6.45, 7) is 0. The summed E-state index contributed by atoms with van der Waals surface area (Å²) in [6, 6.07) is 0. The van der Waals surface area contributed by atoms with E-state index in [4.69, 9.17) is 0 Å². The molecule has 0 bridgehead atoms. The average Bonchev–Trinajstić information content (AvgIpc) is 1.11. The van der Waals surface area contributed by atoms with Gasteiger partial charge in [0.25, 0.3) is 0 Å². The third kappa shape index (κ3) is 5590. The van der Waals surface area contributed by atoms with Crippen LogP contribution in [0.4, 0.5) is 25.2 Å². The van der Waals surface area contributed by atoms with E-state index in [0.29, 0.717) is 10.9 Å². The molecule has 0 aliphatic carbocycles. The van der Waals surface area contributed by atoms with Gasteiger partial charge in [0.15, 0.2) is 0 Å². The summed E-state index contributed by atoms with van der Waals surface area (Å²) < 4.78 is 59.2. The van der Waals surface area contributed by atoms with Gasteiger partial charge in [-0.3, -0.25) is 0 Å². The minimum absolute atomic E-state index is 0.639. The van der Waals surface area contributed by atoms with Crippen molar-refractivity contribution < 1.29 is 25.2 Å². The number of hydrogen-bond donors (Lipinski definition) is 0. The Morgan fingerprint density at radius 3 is 0.727 bits per heavy atom. The Morgan fingerprint density at radius 1 is 0.727 bits per heavy atom. The molecule has 0 fully saturated rings. The first kappa shape index (κ1) is 13.9. The van der Waals surface area contributed by atoms with E-state index in [1.165, 1.54) is 0 Å².